The first-order valence-corrected chi connectivity index (χ1v) is 3.81. The topological polar surface area (TPSA) is 4.93 Å². The van der Waals surface area contributed by atoms with Gasteiger partial charge in [0.2, 0.25) is 0 Å². The van der Waals surface area contributed by atoms with E-state index in [9.17, 15) is 0 Å². The Labute approximate surface area is 91.9 Å². The largest absolute Gasteiger partial charge is 0.284 e. The summed E-state index contributed by atoms with van der Waals surface area (Å²) in [6.45, 7) is 0. The average molecular weight is 269 g/mol. The summed E-state index contributed by atoms with van der Waals surface area (Å²) < 4.78 is 1.93. The summed E-state index contributed by atoms with van der Waals surface area (Å²) in [7, 11) is 0. The molecule has 1 aromatic heterocycles. The molecule has 0 fully saturated rings. The Bertz CT molecular complexity index is 359. The monoisotopic (exact) mass is 267 g/mol. The van der Waals surface area contributed by atoms with Gasteiger partial charge < -0.3 is 0 Å². The standard InChI is InChI=1S/C8H6BrN.2ClH/c9-10-6-5-7-3-1-2-4-8(7)10;;/h1-6H;2*1H. The number of nitrogens with zero attached hydrogens (tertiary/aromatic N) is 1. The van der Waals surface area contributed by atoms with Crippen molar-refractivity contribution in [2.75, 3.05) is 0 Å². The first kappa shape index (κ1) is 11.8. The van der Waals surface area contributed by atoms with Crippen molar-refractivity contribution in [1.82, 2.24) is 3.59 Å². The van der Waals surface area contributed by atoms with Crippen LogP contribution in [0.25, 0.3) is 10.9 Å². The molecule has 0 bridgehead atoms. The summed E-state index contributed by atoms with van der Waals surface area (Å²) in [5, 5.41) is 1.26. The second kappa shape index (κ2) is 4.75. The molecule has 0 aliphatic carbocycles. The van der Waals surface area contributed by atoms with Crippen LogP contribution in [0.1, 0.15) is 0 Å². The van der Waals surface area contributed by atoms with Gasteiger partial charge in [-0.1, -0.05) is 18.2 Å². The Morgan fingerprint density at radius 2 is 1.67 bits per heavy atom. The zero-order chi connectivity index (χ0) is 6.97. The molecule has 0 saturated heterocycles. The second-order valence-corrected chi connectivity index (χ2v) is 2.95. The summed E-state index contributed by atoms with van der Waals surface area (Å²) in [5.41, 5.74) is 1.21. The minimum atomic E-state index is 0. The first-order chi connectivity index (χ1) is 4.88. The fraction of sp³-hybridized carbons (Fsp3) is 0. The molecule has 0 amide bonds. The summed E-state index contributed by atoms with van der Waals surface area (Å²) in [6.07, 6.45) is 1.99. The van der Waals surface area contributed by atoms with E-state index in [2.05, 4.69) is 34.3 Å². The molecular weight excluding hydrogens is 261 g/mol. The highest BCUT2D eigenvalue weighted by atomic mass is 79.9. The molecule has 0 spiro atoms. The van der Waals surface area contributed by atoms with Crippen LogP contribution in [0.5, 0.6) is 0 Å². The highest BCUT2D eigenvalue weighted by molar-refractivity contribution is 9.08. The lowest BCUT2D eigenvalue weighted by atomic mass is 10.3. The van der Waals surface area contributed by atoms with Gasteiger partial charge in [0.1, 0.15) is 0 Å². The maximum absolute atomic E-state index is 3.38. The molecule has 0 aliphatic heterocycles. The normalized spacial score (nSPS) is 8.75. The Hall–Kier alpha value is -0.180. The number of aromatic nitrogens is 1. The Morgan fingerprint density at radius 3 is 2.33 bits per heavy atom. The molecule has 0 unspecified atom stereocenters. The SMILES string of the molecule is Brn1ccc2ccccc21.Cl.Cl. The summed E-state index contributed by atoms with van der Waals surface area (Å²) >= 11 is 3.38. The Kier molecular flexibility index (Phi) is 4.68. The number of hydrogen-bond donors (Lipinski definition) is 0. The zero-order valence-electron chi connectivity index (χ0n) is 6.11. The quantitative estimate of drug-likeness (QED) is 0.688. The van der Waals surface area contributed by atoms with E-state index in [4.69, 9.17) is 0 Å². The molecule has 2 rings (SSSR count). The lowest BCUT2D eigenvalue weighted by Gasteiger charge is -1.89. The van der Waals surface area contributed by atoms with Crippen LogP contribution in [0.15, 0.2) is 36.5 Å². The lowest BCUT2D eigenvalue weighted by molar-refractivity contribution is 1.39. The average Bonchev–Trinajstić information content (AvgIpc) is 2.34. The second-order valence-electron chi connectivity index (χ2n) is 2.19. The van der Waals surface area contributed by atoms with Crippen molar-refractivity contribution in [2.45, 2.75) is 0 Å². The van der Waals surface area contributed by atoms with Crippen molar-refractivity contribution in [3.63, 3.8) is 0 Å². The third-order valence-corrected chi connectivity index (χ3v) is 2.17. The first-order valence-electron chi connectivity index (χ1n) is 3.10. The summed E-state index contributed by atoms with van der Waals surface area (Å²) in [5.74, 6) is 0. The highest BCUT2D eigenvalue weighted by Crippen LogP contribution is 2.16. The number of para-hydroxylation sites is 1. The molecule has 0 atom stereocenters. The van der Waals surface area contributed by atoms with Gasteiger partial charge in [-0.05, 0) is 12.1 Å². The molecule has 0 aliphatic rings. The van der Waals surface area contributed by atoms with Gasteiger partial charge in [-0.2, -0.15) is 0 Å². The number of benzene rings is 1. The van der Waals surface area contributed by atoms with Gasteiger partial charge in [0.15, 0.2) is 0 Å². The lowest BCUT2D eigenvalue weighted by Crippen LogP contribution is -1.71. The van der Waals surface area contributed by atoms with E-state index < -0.39 is 0 Å². The van der Waals surface area contributed by atoms with E-state index >= 15 is 0 Å². The Balaban J connectivity index is 0.000000605. The maximum Gasteiger partial charge on any atom is 0.0591 e. The van der Waals surface area contributed by atoms with E-state index in [1.54, 1.807) is 0 Å². The third kappa shape index (κ3) is 1.94. The Morgan fingerprint density at radius 1 is 1.00 bits per heavy atom. The van der Waals surface area contributed by atoms with Gasteiger partial charge in [0.25, 0.3) is 0 Å². The van der Waals surface area contributed by atoms with Crippen LogP contribution in [0.2, 0.25) is 0 Å². The number of hydrogen-bond acceptors (Lipinski definition) is 0. The van der Waals surface area contributed by atoms with E-state index in [0.717, 1.165) is 0 Å². The minimum absolute atomic E-state index is 0. The molecule has 1 nitrogen and oxygen atoms in total. The van der Waals surface area contributed by atoms with E-state index in [-0.39, 0.29) is 24.8 Å². The van der Waals surface area contributed by atoms with Gasteiger partial charge in [0.05, 0.1) is 21.7 Å². The van der Waals surface area contributed by atoms with Crippen molar-refractivity contribution in [3.8, 4) is 0 Å². The molecule has 0 saturated carbocycles. The summed E-state index contributed by atoms with van der Waals surface area (Å²) in [6, 6.07) is 10.3. The van der Waals surface area contributed by atoms with E-state index in [0.29, 0.717) is 0 Å². The molecule has 0 N–H and O–H groups in total. The molecule has 1 aromatic carbocycles. The fourth-order valence-corrected chi connectivity index (χ4v) is 1.49. The highest BCUT2D eigenvalue weighted by Gasteiger charge is 1.93. The number of fused-ring (bicyclic) bond motifs is 1. The van der Waals surface area contributed by atoms with Crippen LogP contribution < -0.4 is 0 Å². The molecule has 12 heavy (non-hydrogen) atoms. The predicted molar refractivity (Wildman–Crippen MR) is 60.8 cm³/mol. The molecular formula is C8H8BrCl2N. The molecule has 4 heteroatoms. The van der Waals surface area contributed by atoms with Crippen molar-refractivity contribution in [2.24, 2.45) is 0 Å². The molecule has 2 aromatic rings. The van der Waals surface area contributed by atoms with Crippen molar-refractivity contribution < 1.29 is 0 Å². The fourth-order valence-electron chi connectivity index (χ4n) is 1.05. The maximum atomic E-state index is 3.38. The van der Waals surface area contributed by atoms with Crippen molar-refractivity contribution >= 4 is 51.9 Å². The number of rotatable bonds is 0. The van der Waals surface area contributed by atoms with Crippen LogP contribution in [0, 0.1) is 0 Å². The van der Waals surface area contributed by atoms with Gasteiger partial charge in [-0.15, -0.1) is 24.8 Å². The zero-order valence-corrected chi connectivity index (χ0v) is 9.32. The summed E-state index contributed by atoms with van der Waals surface area (Å²) in [4.78, 5) is 0. The predicted octanol–water partition coefficient (Wildman–Crippen LogP) is 3.64. The van der Waals surface area contributed by atoms with Crippen LogP contribution in [-0.2, 0) is 0 Å². The number of halogens is 3. The smallest absolute Gasteiger partial charge is 0.0591 e. The van der Waals surface area contributed by atoms with Gasteiger partial charge in [0, 0.05) is 11.6 Å². The van der Waals surface area contributed by atoms with Crippen molar-refractivity contribution in [3.05, 3.63) is 36.5 Å². The van der Waals surface area contributed by atoms with Gasteiger partial charge in [-0.3, -0.25) is 3.59 Å². The third-order valence-electron chi connectivity index (χ3n) is 1.55. The minimum Gasteiger partial charge on any atom is -0.284 e. The van der Waals surface area contributed by atoms with Crippen LogP contribution >= 0.6 is 41.0 Å². The van der Waals surface area contributed by atoms with Crippen LogP contribution in [-0.4, -0.2) is 3.59 Å². The van der Waals surface area contributed by atoms with Crippen molar-refractivity contribution in [1.29, 1.82) is 0 Å². The van der Waals surface area contributed by atoms with E-state index in [1.807, 2.05) is 21.9 Å². The van der Waals surface area contributed by atoms with E-state index in [1.165, 1.54) is 10.9 Å². The molecule has 1 heterocycles. The van der Waals surface area contributed by atoms with Gasteiger partial charge in [-0.25, -0.2) is 0 Å². The van der Waals surface area contributed by atoms with Crippen LogP contribution in [0.3, 0.4) is 0 Å². The molecule has 0 radical (unpaired) electrons. The molecule has 66 valence electrons. The van der Waals surface area contributed by atoms with Gasteiger partial charge >= 0.3 is 0 Å². The van der Waals surface area contributed by atoms with Crippen LogP contribution in [0.4, 0.5) is 0 Å².